The maximum Gasteiger partial charge on any atom is 0.317 e. The highest BCUT2D eigenvalue weighted by Gasteiger charge is 2.22. The Morgan fingerprint density at radius 1 is 1.12 bits per heavy atom. The summed E-state index contributed by atoms with van der Waals surface area (Å²) >= 11 is 6.03. The van der Waals surface area contributed by atoms with Crippen LogP contribution in [0.15, 0.2) is 48.5 Å². The van der Waals surface area contributed by atoms with E-state index in [-0.39, 0.29) is 12.1 Å². The largest absolute Gasteiger partial charge is 0.497 e. The first kappa shape index (κ1) is 18.4. The molecule has 0 aliphatic carbocycles. The number of nitrogens with zero attached hydrogens (tertiary/aromatic N) is 2. The highest BCUT2D eigenvalue weighted by atomic mass is 35.5. The van der Waals surface area contributed by atoms with Crippen LogP contribution in [-0.2, 0) is 0 Å². The topological polar surface area (TPSA) is 44.8 Å². The number of carbonyl (C=O) groups is 1. The molecule has 1 heterocycles. The molecule has 0 saturated carbocycles. The molecule has 26 heavy (non-hydrogen) atoms. The van der Waals surface area contributed by atoms with Crippen LogP contribution in [0.25, 0.3) is 0 Å². The first-order chi connectivity index (χ1) is 12.6. The molecule has 2 amide bonds. The molecule has 6 heteroatoms. The van der Waals surface area contributed by atoms with Crippen molar-refractivity contribution in [1.29, 1.82) is 0 Å². The van der Waals surface area contributed by atoms with Crippen LogP contribution in [-0.4, -0.2) is 44.2 Å². The average molecular weight is 374 g/mol. The van der Waals surface area contributed by atoms with Crippen LogP contribution in [0.4, 0.5) is 10.5 Å². The predicted molar refractivity (Wildman–Crippen MR) is 105 cm³/mol. The van der Waals surface area contributed by atoms with E-state index in [1.54, 1.807) is 7.11 Å². The standard InChI is InChI=1S/C20H24ClN3O2/c1-15(16-5-3-6-17(21)13-16)22-20(25)24-11-9-23(10-12-24)18-7-4-8-19(14-18)26-2/h3-8,13-15H,9-12H2,1-2H3,(H,22,25). The third-order valence-electron chi connectivity index (χ3n) is 4.67. The predicted octanol–water partition coefficient (Wildman–Crippen LogP) is 3.94. The van der Waals surface area contributed by atoms with E-state index in [1.165, 1.54) is 0 Å². The molecule has 0 spiro atoms. The second-order valence-electron chi connectivity index (χ2n) is 6.40. The van der Waals surface area contributed by atoms with Crippen molar-refractivity contribution in [2.24, 2.45) is 0 Å². The molecule has 2 aromatic carbocycles. The van der Waals surface area contributed by atoms with Crippen molar-refractivity contribution in [1.82, 2.24) is 10.2 Å². The molecule has 138 valence electrons. The number of nitrogens with one attached hydrogen (secondary N) is 1. The monoisotopic (exact) mass is 373 g/mol. The Morgan fingerprint density at radius 3 is 2.54 bits per heavy atom. The van der Waals surface area contributed by atoms with Gasteiger partial charge in [-0.15, -0.1) is 0 Å². The van der Waals surface area contributed by atoms with Crippen LogP contribution < -0.4 is 15.0 Å². The minimum atomic E-state index is -0.0855. The third kappa shape index (κ3) is 4.41. The fraction of sp³-hybridized carbons (Fsp3) is 0.350. The van der Waals surface area contributed by atoms with Crippen molar-refractivity contribution < 1.29 is 9.53 Å². The van der Waals surface area contributed by atoms with Gasteiger partial charge in [-0.05, 0) is 36.8 Å². The SMILES string of the molecule is COc1cccc(N2CCN(C(=O)NC(C)c3cccc(Cl)c3)CC2)c1. The lowest BCUT2D eigenvalue weighted by Gasteiger charge is -2.36. The molecular weight excluding hydrogens is 350 g/mol. The number of ether oxygens (including phenoxy) is 1. The number of hydrogen-bond acceptors (Lipinski definition) is 3. The first-order valence-corrected chi connectivity index (χ1v) is 9.14. The number of methoxy groups -OCH3 is 1. The molecule has 5 nitrogen and oxygen atoms in total. The highest BCUT2D eigenvalue weighted by molar-refractivity contribution is 6.30. The number of anilines is 1. The normalized spacial score (nSPS) is 15.5. The number of rotatable bonds is 4. The molecule has 1 unspecified atom stereocenters. The summed E-state index contributed by atoms with van der Waals surface area (Å²) in [6.07, 6.45) is 0. The zero-order chi connectivity index (χ0) is 18.5. The van der Waals surface area contributed by atoms with Crippen LogP contribution >= 0.6 is 11.6 Å². The minimum absolute atomic E-state index is 0.0391. The van der Waals surface area contributed by atoms with E-state index in [0.717, 1.165) is 30.1 Å². The van der Waals surface area contributed by atoms with Gasteiger partial charge in [-0.1, -0.05) is 29.8 Å². The maximum atomic E-state index is 12.6. The van der Waals surface area contributed by atoms with Crippen molar-refractivity contribution in [3.63, 3.8) is 0 Å². The number of hydrogen-bond donors (Lipinski definition) is 1. The molecule has 1 atom stereocenters. The van der Waals surface area contributed by atoms with Crippen molar-refractivity contribution >= 4 is 23.3 Å². The van der Waals surface area contributed by atoms with E-state index in [4.69, 9.17) is 16.3 Å². The molecular formula is C20H24ClN3O2. The van der Waals surface area contributed by atoms with E-state index in [0.29, 0.717) is 18.1 Å². The number of carbonyl (C=O) groups excluding carboxylic acids is 1. The highest BCUT2D eigenvalue weighted by Crippen LogP contribution is 2.22. The van der Waals surface area contributed by atoms with E-state index in [9.17, 15) is 4.79 Å². The molecule has 1 N–H and O–H groups in total. The van der Waals surface area contributed by atoms with Gasteiger partial charge in [-0.3, -0.25) is 0 Å². The Balaban J connectivity index is 1.54. The van der Waals surface area contributed by atoms with Crippen LogP contribution in [0, 0.1) is 0 Å². The summed E-state index contributed by atoms with van der Waals surface area (Å²) in [7, 11) is 1.67. The Kier molecular flexibility index (Phi) is 5.89. The Bertz CT molecular complexity index is 760. The first-order valence-electron chi connectivity index (χ1n) is 8.77. The lowest BCUT2D eigenvalue weighted by molar-refractivity contribution is 0.191. The molecule has 1 saturated heterocycles. The van der Waals surface area contributed by atoms with Gasteiger partial charge in [0.2, 0.25) is 0 Å². The van der Waals surface area contributed by atoms with Crippen molar-refractivity contribution in [2.75, 3.05) is 38.2 Å². The molecule has 0 bridgehead atoms. The van der Waals surface area contributed by atoms with Crippen molar-refractivity contribution in [2.45, 2.75) is 13.0 Å². The van der Waals surface area contributed by atoms with Gasteiger partial charge in [0.1, 0.15) is 5.75 Å². The van der Waals surface area contributed by atoms with Gasteiger partial charge < -0.3 is 19.9 Å². The summed E-state index contributed by atoms with van der Waals surface area (Å²) in [4.78, 5) is 16.7. The van der Waals surface area contributed by atoms with Crippen LogP contribution in [0.3, 0.4) is 0 Å². The minimum Gasteiger partial charge on any atom is -0.497 e. The summed E-state index contributed by atoms with van der Waals surface area (Å²) in [5, 5.41) is 3.73. The second kappa shape index (κ2) is 8.32. The number of piperazine rings is 1. The second-order valence-corrected chi connectivity index (χ2v) is 6.84. The van der Waals surface area contributed by atoms with Gasteiger partial charge in [-0.25, -0.2) is 4.79 Å². The van der Waals surface area contributed by atoms with Crippen LogP contribution in [0.2, 0.25) is 5.02 Å². The zero-order valence-electron chi connectivity index (χ0n) is 15.1. The zero-order valence-corrected chi connectivity index (χ0v) is 15.9. The summed E-state index contributed by atoms with van der Waals surface area (Å²) in [5.41, 5.74) is 2.12. The fourth-order valence-electron chi connectivity index (χ4n) is 3.11. The number of halogens is 1. The molecule has 2 aromatic rings. The van der Waals surface area contributed by atoms with Gasteiger partial charge >= 0.3 is 6.03 Å². The van der Waals surface area contributed by atoms with Gasteiger partial charge in [0.15, 0.2) is 0 Å². The van der Waals surface area contributed by atoms with Crippen LogP contribution in [0.1, 0.15) is 18.5 Å². The molecule has 3 rings (SSSR count). The Hall–Kier alpha value is -2.40. The van der Waals surface area contributed by atoms with E-state index < -0.39 is 0 Å². The third-order valence-corrected chi connectivity index (χ3v) is 4.91. The van der Waals surface area contributed by atoms with E-state index >= 15 is 0 Å². The number of amides is 2. The molecule has 1 fully saturated rings. The Morgan fingerprint density at radius 2 is 1.85 bits per heavy atom. The van der Waals surface area contributed by atoms with Gasteiger partial charge in [0.05, 0.1) is 13.2 Å². The van der Waals surface area contributed by atoms with Crippen LogP contribution in [0.5, 0.6) is 5.75 Å². The molecule has 0 aromatic heterocycles. The smallest absolute Gasteiger partial charge is 0.317 e. The Labute approximate surface area is 159 Å². The fourth-order valence-corrected chi connectivity index (χ4v) is 3.31. The number of benzene rings is 2. The summed E-state index contributed by atoms with van der Waals surface area (Å²) in [5.74, 6) is 0.845. The lowest BCUT2D eigenvalue weighted by atomic mass is 10.1. The number of urea groups is 1. The van der Waals surface area contributed by atoms with Crippen molar-refractivity contribution in [3.8, 4) is 5.75 Å². The summed E-state index contributed by atoms with van der Waals surface area (Å²) < 4.78 is 5.29. The van der Waals surface area contributed by atoms with Gasteiger partial charge in [-0.2, -0.15) is 0 Å². The summed E-state index contributed by atoms with van der Waals surface area (Å²) in [6, 6.07) is 15.5. The van der Waals surface area contributed by atoms with E-state index in [2.05, 4.69) is 16.3 Å². The van der Waals surface area contributed by atoms with Gasteiger partial charge in [0, 0.05) is 43.0 Å². The quantitative estimate of drug-likeness (QED) is 0.882. The summed E-state index contributed by atoms with van der Waals surface area (Å²) in [6.45, 7) is 4.94. The maximum absolute atomic E-state index is 12.6. The van der Waals surface area contributed by atoms with E-state index in [1.807, 2.05) is 54.3 Å². The van der Waals surface area contributed by atoms with Crippen molar-refractivity contribution in [3.05, 3.63) is 59.1 Å². The molecule has 1 aliphatic rings. The lowest BCUT2D eigenvalue weighted by Crippen LogP contribution is -2.52. The average Bonchev–Trinajstić information content (AvgIpc) is 2.68. The molecule has 0 radical (unpaired) electrons. The molecule has 1 aliphatic heterocycles. The van der Waals surface area contributed by atoms with Gasteiger partial charge in [0.25, 0.3) is 0 Å².